The number of benzene rings is 1. The number of nitrogens with two attached hydrogens (primary N) is 1. The van der Waals surface area contributed by atoms with E-state index in [4.69, 9.17) is 19.7 Å². The van der Waals surface area contributed by atoms with Crippen LogP contribution in [-0.2, 0) is 14.8 Å². The van der Waals surface area contributed by atoms with Gasteiger partial charge in [-0.2, -0.15) is 13.2 Å². The summed E-state index contributed by atoms with van der Waals surface area (Å²) in [6, 6.07) is 5.43. The van der Waals surface area contributed by atoms with Gasteiger partial charge in [-0.05, 0) is 55.3 Å². The average molecular weight is 556 g/mol. The Labute approximate surface area is 219 Å². The van der Waals surface area contributed by atoms with Crippen LogP contribution in [0.25, 0.3) is 22.6 Å². The third-order valence-electron chi connectivity index (χ3n) is 6.27. The lowest BCUT2D eigenvalue weighted by Gasteiger charge is -2.69. The molecule has 2 heterocycles. The summed E-state index contributed by atoms with van der Waals surface area (Å²) in [4.78, 5) is 25.4. The van der Waals surface area contributed by atoms with Gasteiger partial charge < -0.3 is 15.9 Å². The number of sulfonamides is 1. The maximum atomic E-state index is 13.2. The second kappa shape index (κ2) is 9.56. The monoisotopic (exact) mass is 555 g/mol. The Hall–Kier alpha value is -3.69. The summed E-state index contributed by atoms with van der Waals surface area (Å²) < 4.78 is 84.6. The molecule has 3 saturated carbocycles. The van der Waals surface area contributed by atoms with Crippen molar-refractivity contribution in [3.8, 4) is 22.6 Å². The Bertz CT molecular complexity index is 1570. The number of aliphatic carboxylic acids is 1. The van der Waals surface area contributed by atoms with E-state index in [1.807, 2.05) is 0 Å². The number of carboxylic acids is 1. The quantitative estimate of drug-likeness (QED) is 0.352. The number of rotatable bonds is 6. The number of carboxylic acid groups (broad SMARTS) is 1. The number of aliphatic hydroxyl groups excluding tert-OH is 1. The first kappa shape index (κ1) is 23.4. The molecule has 0 atom stereocenters. The predicted octanol–water partition coefficient (Wildman–Crippen LogP) is 2.32. The number of halogens is 3. The fourth-order valence-electron chi connectivity index (χ4n) is 4.67. The van der Waals surface area contributed by atoms with E-state index in [1.165, 1.54) is 36.9 Å². The van der Waals surface area contributed by atoms with Crippen LogP contribution in [0.5, 0.6) is 0 Å². The molecular formula is C23H23F3N6O5S. The van der Waals surface area contributed by atoms with Crippen molar-refractivity contribution in [3.05, 3.63) is 48.5 Å². The fraction of sp³-hybridized carbons (Fsp3) is 0.348. The smallest absolute Gasteiger partial charge is 0.475 e. The summed E-state index contributed by atoms with van der Waals surface area (Å²) in [6.07, 6.45) is 0.807. The lowest BCUT2D eigenvalue weighted by Crippen LogP contribution is -2.75. The van der Waals surface area contributed by atoms with Crippen molar-refractivity contribution >= 4 is 21.8 Å². The topological polar surface area (TPSA) is 181 Å². The van der Waals surface area contributed by atoms with E-state index >= 15 is 0 Å². The van der Waals surface area contributed by atoms with Crippen molar-refractivity contribution in [2.75, 3.05) is 12.3 Å². The standard InChI is InChI=1S/C21H22N6O3S.C2HF3O2/c1-13-2-3-14(31(29,30)27-21-8-20(9-21,10-21)11-28)6-15(13)17-7-24-19(22)18(26-17)16-4-5-23-12-25-16;3-2(4,5)1(6)7/h2-7,12,27-28H,8-11H2,1H3,(H2,22,24);(H,6,7)/i1D3;. The first-order valence-electron chi connectivity index (χ1n) is 12.4. The molecule has 2 aromatic heterocycles. The van der Waals surface area contributed by atoms with E-state index in [2.05, 4.69) is 24.7 Å². The number of nitrogen functional groups attached to an aromatic ring is 1. The summed E-state index contributed by atoms with van der Waals surface area (Å²) >= 11 is 0. The Kier molecular flexibility index (Phi) is 5.89. The summed E-state index contributed by atoms with van der Waals surface area (Å²) in [5.41, 5.74) is 6.06. The Morgan fingerprint density at radius 1 is 1.21 bits per heavy atom. The van der Waals surface area contributed by atoms with Crippen molar-refractivity contribution in [1.29, 1.82) is 0 Å². The fourth-order valence-corrected chi connectivity index (χ4v) is 6.09. The second-order valence-electron chi connectivity index (χ2n) is 9.17. The Morgan fingerprint density at radius 2 is 1.89 bits per heavy atom. The molecular weight excluding hydrogens is 529 g/mol. The molecule has 0 saturated heterocycles. The van der Waals surface area contributed by atoms with Gasteiger partial charge in [-0.3, -0.25) is 0 Å². The number of carbonyl (C=O) groups is 1. The largest absolute Gasteiger partial charge is 0.490 e. The highest BCUT2D eigenvalue weighted by atomic mass is 32.2. The molecule has 2 bridgehead atoms. The summed E-state index contributed by atoms with van der Waals surface area (Å²) in [7, 11) is -3.95. The van der Waals surface area contributed by atoms with Crippen LogP contribution in [0.1, 0.15) is 28.9 Å². The minimum absolute atomic E-state index is 0.0401. The summed E-state index contributed by atoms with van der Waals surface area (Å²) in [5, 5.41) is 16.6. The molecule has 0 spiro atoms. The second-order valence-corrected chi connectivity index (χ2v) is 10.9. The molecule has 3 fully saturated rings. The van der Waals surface area contributed by atoms with Crippen LogP contribution in [-0.4, -0.2) is 62.9 Å². The van der Waals surface area contributed by atoms with Gasteiger partial charge in [0.15, 0.2) is 5.82 Å². The van der Waals surface area contributed by atoms with Crippen LogP contribution < -0.4 is 10.5 Å². The van der Waals surface area contributed by atoms with E-state index in [9.17, 15) is 26.7 Å². The molecule has 0 unspecified atom stereocenters. The number of hydrogen-bond acceptors (Lipinski definition) is 9. The Balaban J connectivity index is 0.000000493. The lowest BCUT2D eigenvalue weighted by atomic mass is 9.40. The SMILES string of the molecule is O=C(O)C(F)(F)F.[2H]C([2H])([2H])c1ccc(S(=O)(=O)NC23CC(CO)(C2)C3)cc1-c1cnc(N)c(-c2ccncn2)n1. The highest BCUT2D eigenvalue weighted by Crippen LogP contribution is 2.67. The molecule has 0 radical (unpaired) electrons. The van der Waals surface area contributed by atoms with Crippen LogP contribution in [0.2, 0.25) is 0 Å². The van der Waals surface area contributed by atoms with E-state index in [0.29, 0.717) is 25.0 Å². The molecule has 1 aromatic carbocycles. The minimum atomic E-state index is -5.08. The molecule has 5 N–H and O–H groups in total. The molecule has 3 aliphatic rings. The maximum absolute atomic E-state index is 13.2. The van der Waals surface area contributed by atoms with Gasteiger partial charge in [-0.1, -0.05) is 6.07 Å². The summed E-state index contributed by atoms with van der Waals surface area (Å²) in [5.74, 6) is -2.67. The first-order chi connectivity index (χ1) is 18.9. The number of alkyl halides is 3. The maximum Gasteiger partial charge on any atom is 0.490 e. The van der Waals surface area contributed by atoms with Crippen LogP contribution in [0.15, 0.2) is 47.9 Å². The van der Waals surface area contributed by atoms with Crippen LogP contribution in [0.4, 0.5) is 19.0 Å². The van der Waals surface area contributed by atoms with E-state index in [0.717, 1.165) is 0 Å². The van der Waals surface area contributed by atoms with Crippen molar-refractivity contribution in [3.63, 3.8) is 0 Å². The van der Waals surface area contributed by atoms with Crippen molar-refractivity contribution in [2.45, 2.75) is 42.7 Å². The number of aliphatic hydroxyl groups is 1. The van der Waals surface area contributed by atoms with Crippen LogP contribution >= 0.6 is 0 Å². The van der Waals surface area contributed by atoms with Gasteiger partial charge in [0.25, 0.3) is 0 Å². The third-order valence-corrected chi connectivity index (χ3v) is 7.85. The molecule has 3 aromatic rings. The predicted molar refractivity (Wildman–Crippen MR) is 128 cm³/mol. The van der Waals surface area contributed by atoms with Gasteiger partial charge in [-0.15, -0.1) is 0 Å². The van der Waals surface area contributed by atoms with Gasteiger partial charge in [0.05, 0.1) is 22.5 Å². The van der Waals surface area contributed by atoms with Gasteiger partial charge in [0, 0.05) is 28.0 Å². The van der Waals surface area contributed by atoms with Gasteiger partial charge in [0.2, 0.25) is 10.0 Å². The Morgan fingerprint density at radius 3 is 2.45 bits per heavy atom. The number of anilines is 1. The van der Waals surface area contributed by atoms with Gasteiger partial charge in [0.1, 0.15) is 12.0 Å². The number of aryl methyl sites for hydroxylation is 1. The average Bonchev–Trinajstić information content (AvgIpc) is 2.85. The molecule has 3 aliphatic carbocycles. The minimum Gasteiger partial charge on any atom is -0.475 e. The number of nitrogens with zero attached hydrogens (tertiary/aromatic N) is 4. The van der Waals surface area contributed by atoms with Gasteiger partial charge >= 0.3 is 12.1 Å². The van der Waals surface area contributed by atoms with E-state index in [-0.39, 0.29) is 45.2 Å². The number of nitrogens with one attached hydrogen (secondary N) is 1. The highest BCUT2D eigenvalue weighted by molar-refractivity contribution is 7.89. The van der Waals surface area contributed by atoms with Crippen molar-refractivity contribution in [1.82, 2.24) is 24.7 Å². The molecule has 6 rings (SSSR count). The molecule has 15 heteroatoms. The molecule has 0 aliphatic heterocycles. The van der Waals surface area contributed by atoms with Crippen LogP contribution in [0, 0.1) is 12.3 Å². The zero-order valence-corrected chi connectivity index (χ0v) is 20.2. The molecule has 0 amide bonds. The number of hydrogen-bond donors (Lipinski definition) is 4. The van der Waals surface area contributed by atoms with Gasteiger partial charge in [-0.25, -0.2) is 37.9 Å². The van der Waals surface area contributed by atoms with Crippen molar-refractivity contribution < 1.29 is 40.7 Å². The third kappa shape index (κ3) is 5.30. The van der Waals surface area contributed by atoms with Crippen molar-refractivity contribution in [2.24, 2.45) is 5.41 Å². The highest BCUT2D eigenvalue weighted by Gasteiger charge is 2.68. The molecule has 38 heavy (non-hydrogen) atoms. The number of aromatic nitrogens is 4. The van der Waals surface area contributed by atoms with E-state index < -0.39 is 34.6 Å². The molecule has 11 nitrogen and oxygen atoms in total. The van der Waals surface area contributed by atoms with Crippen LogP contribution in [0.3, 0.4) is 0 Å². The summed E-state index contributed by atoms with van der Waals surface area (Å²) in [6.45, 7) is -2.48. The zero-order valence-electron chi connectivity index (χ0n) is 22.4. The first-order valence-corrected chi connectivity index (χ1v) is 12.4. The van der Waals surface area contributed by atoms with E-state index in [1.54, 1.807) is 6.07 Å². The molecule has 202 valence electrons. The lowest BCUT2D eigenvalue weighted by molar-refractivity contribution is -0.192. The zero-order chi connectivity index (χ0) is 30.4. The normalized spacial score (nSPS) is 23.4.